The highest BCUT2D eigenvalue weighted by atomic mass is 35.5. The maximum atomic E-state index is 13.3. The lowest BCUT2D eigenvalue weighted by molar-refractivity contribution is -0.157. The van der Waals surface area contributed by atoms with E-state index in [0.29, 0.717) is 0 Å². The van der Waals surface area contributed by atoms with Gasteiger partial charge < -0.3 is 10.2 Å². The SMILES string of the molecule is CC(C)(C)N1C(=O)C2C(c3cc(Cl)cc(Cl)c3Cl)NC(CC(=O)O)(C(=O)O)C2C1=O. The number of rotatable bonds is 4. The van der Waals surface area contributed by atoms with Crippen molar-refractivity contribution in [1.29, 1.82) is 0 Å². The van der Waals surface area contributed by atoms with Gasteiger partial charge in [-0.1, -0.05) is 34.8 Å². The Hall–Kier alpha value is -1.87. The van der Waals surface area contributed by atoms with E-state index < -0.39 is 59.1 Å². The van der Waals surface area contributed by atoms with E-state index in [-0.39, 0.29) is 20.6 Å². The molecule has 8 nitrogen and oxygen atoms in total. The average Bonchev–Trinajstić information content (AvgIpc) is 3.05. The molecule has 2 heterocycles. The minimum Gasteiger partial charge on any atom is -0.481 e. The molecule has 0 saturated carbocycles. The van der Waals surface area contributed by atoms with E-state index in [2.05, 4.69) is 5.32 Å². The van der Waals surface area contributed by atoms with Gasteiger partial charge in [0.1, 0.15) is 5.54 Å². The molecule has 2 amide bonds. The maximum absolute atomic E-state index is 13.3. The molecule has 0 bridgehead atoms. The number of halogens is 3. The van der Waals surface area contributed by atoms with Gasteiger partial charge in [0.15, 0.2) is 0 Å². The fourth-order valence-corrected chi connectivity index (χ4v) is 5.14. The number of benzene rings is 1. The molecule has 4 unspecified atom stereocenters. The molecule has 3 rings (SSSR count). The van der Waals surface area contributed by atoms with Gasteiger partial charge >= 0.3 is 11.9 Å². The monoisotopic (exact) mass is 476 g/mol. The van der Waals surface area contributed by atoms with E-state index in [4.69, 9.17) is 34.8 Å². The second-order valence-electron chi connectivity index (χ2n) is 8.45. The van der Waals surface area contributed by atoms with Gasteiger partial charge in [0.2, 0.25) is 11.8 Å². The summed E-state index contributed by atoms with van der Waals surface area (Å²) in [7, 11) is 0. The molecular weight excluding hydrogens is 459 g/mol. The normalized spacial score (nSPS) is 28.7. The Labute approximate surface area is 187 Å². The third-order valence-corrected chi connectivity index (χ3v) is 6.53. The molecule has 0 aromatic heterocycles. The van der Waals surface area contributed by atoms with Crippen LogP contribution in [0.3, 0.4) is 0 Å². The van der Waals surface area contributed by atoms with E-state index in [9.17, 15) is 29.4 Å². The van der Waals surface area contributed by atoms with Crippen LogP contribution in [0, 0.1) is 11.8 Å². The molecule has 0 spiro atoms. The molecule has 1 aromatic rings. The molecule has 3 N–H and O–H groups in total. The van der Waals surface area contributed by atoms with Crippen LogP contribution in [0.5, 0.6) is 0 Å². The van der Waals surface area contributed by atoms with Crippen molar-refractivity contribution in [1.82, 2.24) is 10.2 Å². The van der Waals surface area contributed by atoms with Gasteiger partial charge in [-0.05, 0) is 38.5 Å². The predicted octanol–water partition coefficient (Wildman–Crippen LogP) is 2.99. The molecule has 2 fully saturated rings. The van der Waals surface area contributed by atoms with Gasteiger partial charge in [-0.25, -0.2) is 0 Å². The first-order valence-electron chi connectivity index (χ1n) is 8.97. The van der Waals surface area contributed by atoms with E-state index in [1.807, 2.05) is 0 Å². The molecule has 2 saturated heterocycles. The Morgan fingerprint density at radius 1 is 1.13 bits per heavy atom. The Balaban J connectivity index is 2.27. The van der Waals surface area contributed by atoms with Crippen LogP contribution in [0.4, 0.5) is 0 Å². The Kier molecular flexibility index (Phi) is 5.60. The molecule has 0 radical (unpaired) electrons. The number of carbonyl (C=O) groups is 4. The summed E-state index contributed by atoms with van der Waals surface area (Å²) in [4.78, 5) is 51.5. The summed E-state index contributed by atoms with van der Waals surface area (Å²) in [6, 6.07) is 1.71. The fourth-order valence-electron chi connectivity index (χ4n) is 4.41. The first kappa shape index (κ1) is 22.8. The summed E-state index contributed by atoms with van der Waals surface area (Å²) in [5, 5.41) is 22.4. The van der Waals surface area contributed by atoms with Crippen molar-refractivity contribution >= 4 is 58.6 Å². The number of amides is 2. The Bertz CT molecular complexity index is 976. The van der Waals surface area contributed by atoms with Crippen LogP contribution in [-0.4, -0.2) is 49.9 Å². The van der Waals surface area contributed by atoms with Gasteiger partial charge in [-0.15, -0.1) is 0 Å². The highest BCUT2D eigenvalue weighted by Gasteiger charge is 2.70. The third kappa shape index (κ3) is 3.36. The first-order valence-corrected chi connectivity index (χ1v) is 10.1. The van der Waals surface area contributed by atoms with Crippen LogP contribution in [0.2, 0.25) is 15.1 Å². The predicted molar refractivity (Wildman–Crippen MR) is 109 cm³/mol. The number of hydrogen-bond donors (Lipinski definition) is 3. The molecule has 11 heteroatoms. The van der Waals surface area contributed by atoms with Crippen LogP contribution >= 0.6 is 34.8 Å². The topological polar surface area (TPSA) is 124 Å². The summed E-state index contributed by atoms with van der Waals surface area (Å²) in [6.45, 7) is 4.90. The van der Waals surface area contributed by atoms with Crippen LogP contribution < -0.4 is 5.32 Å². The average molecular weight is 478 g/mol. The molecule has 4 atom stereocenters. The minimum atomic E-state index is -2.22. The molecule has 2 aliphatic heterocycles. The number of imide groups is 1. The van der Waals surface area contributed by atoms with Gasteiger partial charge in [0.25, 0.3) is 0 Å². The maximum Gasteiger partial charge on any atom is 0.325 e. The van der Waals surface area contributed by atoms with Gasteiger partial charge in [0.05, 0.1) is 28.3 Å². The molecule has 162 valence electrons. The van der Waals surface area contributed by atoms with E-state index in [1.54, 1.807) is 20.8 Å². The number of likely N-dealkylation sites (tertiary alicyclic amines) is 1. The molecule has 30 heavy (non-hydrogen) atoms. The van der Waals surface area contributed by atoms with Crippen molar-refractivity contribution in [3.8, 4) is 0 Å². The van der Waals surface area contributed by atoms with E-state index in [0.717, 1.165) is 4.90 Å². The lowest BCUT2D eigenvalue weighted by atomic mass is 9.77. The fraction of sp³-hybridized carbons (Fsp3) is 0.474. The largest absolute Gasteiger partial charge is 0.481 e. The minimum absolute atomic E-state index is 0.0308. The van der Waals surface area contributed by atoms with Crippen molar-refractivity contribution in [3.05, 3.63) is 32.8 Å². The van der Waals surface area contributed by atoms with Crippen molar-refractivity contribution in [2.24, 2.45) is 11.8 Å². The quantitative estimate of drug-likeness (QED) is 0.450. The van der Waals surface area contributed by atoms with Gasteiger partial charge in [0, 0.05) is 16.6 Å². The van der Waals surface area contributed by atoms with E-state index >= 15 is 0 Å². The van der Waals surface area contributed by atoms with Crippen LogP contribution in [0.1, 0.15) is 38.8 Å². The zero-order chi connectivity index (χ0) is 22.8. The van der Waals surface area contributed by atoms with Crippen LogP contribution in [-0.2, 0) is 19.2 Å². The number of nitrogens with zero attached hydrogens (tertiary/aromatic N) is 1. The number of carbonyl (C=O) groups excluding carboxylic acids is 2. The summed E-state index contributed by atoms with van der Waals surface area (Å²) >= 11 is 18.5. The van der Waals surface area contributed by atoms with Crippen LogP contribution in [0.15, 0.2) is 12.1 Å². The van der Waals surface area contributed by atoms with Crippen LogP contribution in [0.25, 0.3) is 0 Å². The first-order chi connectivity index (χ1) is 13.7. The Morgan fingerprint density at radius 2 is 1.73 bits per heavy atom. The molecular formula is C19H19Cl3N2O6. The summed E-state index contributed by atoms with van der Waals surface area (Å²) in [5.41, 5.74) is -2.94. The second-order valence-corrected chi connectivity index (χ2v) is 9.67. The van der Waals surface area contributed by atoms with E-state index in [1.165, 1.54) is 12.1 Å². The van der Waals surface area contributed by atoms with Crippen molar-refractivity contribution in [2.75, 3.05) is 0 Å². The lowest BCUT2D eigenvalue weighted by Crippen LogP contribution is -2.58. The Morgan fingerprint density at radius 3 is 2.23 bits per heavy atom. The zero-order valence-electron chi connectivity index (χ0n) is 16.2. The highest BCUT2D eigenvalue weighted by molar-refractivity contribution is 6.43. The number of fused-ring (bicyclic) bond motifs is 1. The lowest BCUT2D eigenvalue weighted by Gasteiger charge is -2.34. The number of aliphatic carboxylic acids is 2. The molecule has 1 aromatic carbocycles. The van der Waals surface area contributed by atoms with Gasteiger partial charge in [-0.3, -0.25) is 29.4 Å². The van der Waals surface area contributed by atoms with Crippen molar-refractivity contribution in [3.63, 3.8) is 0 Å². The number of carboxylic acid groups (broad SMARTS) is 2. The number of nitrogens with one attached hydrogen (secondary N) is 1. The number of hydrogen-bond acceptors (Lipinski definition) is 5. The van der Waals surface area contributed by atoms with Crippen molar-refractivity contribution in [2.45, 2.75) is 44.3 Å². The summed E-state index contributed by atoms with van der Waals surface area (Å²) in [5.74, 6) is -7.00. The molecule has 2 aliphatic rings. The highest BCUT2D eigenvalue weighted by Crippen LogP contribution is 2.53. The summed E-state index contributed by atoms with van der Waals surface area (Å²) in [6.07, 6.45) is -0.914. The summed E-state index contributed by atoms with van der Waals surface area (Å²) < 4.78 is 0. The smallest absolute Gasteiger partial charge is 0.325 e. The standard InChI is InChI=1S/C19H19Cl3N2O6/c1-18(2,3)24-15(27)11-12(16(24)28)19(17(29)30,6-10(25)26)23-14(11)8-4-7(20)5-9(21)13(8)22/h4-5,11-12,14,23H,6H2,1-3H3,(H,25,26)(H,29,30). The molecule has 0 aliphatic carbocycles. The second kappa shape index (κ2) is 7.37. The van der Waals surface area contributed by atoms with Crippen molar-refractivity contribution < 1.29 is 29.4 Å². The van der Waals surface area contributed by atoms with Gasteiger partial charge in [-0.2, -0.15) is 0 Å². The third-order valence-electron chi connectivity index (χ3n) is 5.49. The zero-order valence-corrected chi connectivity index (χ0v) is 18.5. The number of carboxylic acids is 2.